The summed E-state index contributed by atoms with van der Waals surface area (Å²) in [5, 5.41) is 10.6. The molecule has 1 fully saturated rings. The molecule has 7 nitrogen and oxygen atoms in total. The third kappa shape index (κ3) is 5.91. The van der Waals surface area contributed by atoms with E-state index in [1.807, 2.05) is 18.2 Å². The number of pyridine rings is 1. The molecular formula is C26H32FN3O4. The highest BCUT2D eigenvalue weighted by molar-refractivity contribution is 5.83. The Hall–Kier alpha value is -3.00. The van der Waals surface area contributed by atoms with Gasteiger partial charge in [0.25, 0.3) is 0 Å². The minimum atomic E-state index is -1.18. The molecule has 0 aliphatic carbocycles. The monoisotopic (exact) mass is 469 g/mol. The highest BCUT2D eigenvalue weighted by Gasteiger charge is 2.34. The first-order chi connectivity index (χ1) is 16.5. The standard InChI is InChI=1S/C26H32FN3O4/c1-33-19-6-8-24-21(16-19)20(9-11-28-24)23(27)7-5-18-10-14-30(17-22(18)26(31)32)13-3-2-4-25-29-12-15-34-25/h6,8-9,11-12,15-16,18,22-23H,2-5,7,10,13-14,17H2,1H3,(H,31,32)/t18-,22+,23-/m1/s1. The van der Waals surface area contributed by atoms with E-state index in [2.05, 4.69) is 14.9 Å². The average Bonchev–Trinajstić information content (AvgIpc) is 3.38. The van der Waals surface area contributed by atoms with E-state index in [0.717, 1.165) is 55.6 Å². The highest BCUT2D eigenvalue weighted by atomic mass is 19.1. The minimum absolute atomic E-state index is 0.0260. The summed E-state index contributed by atoms with van der Waals surface area (Å²) in [6.45, 7) is 2.22. The summed E-state index contributed by atoms with van der Waals surface area (Å²) in [7, 11) is 1.58. The zero-order valence-corrected chi connectivity index (χ0v) is 19.5. The number of carboxylic acids is 1. The van der Waals surface area contributed by atoms with Crippen LogP contribution in [0.2, 0.25) is 0 Å². The number of carbonyl (C=O) groups is 1. The Morgan fingerprint density at radius 1 is 1.29 bits per heavy atom. The molecule has 3 atom stereocenters. The van der Waals surface area contributed by atoms with Gasteiger partial charge < -0.3 is 19.2 Å². The van der Waals surface area contributed by atoms with Gasteiger partial charge in [-0.3, -0.25) is 9.78 Å². The number of hydrogen-bond donors (Lipinski definition) is 1. The number of ether oxygens (including phenoxy) is 1. The number of aromatic nitrogens is 2. The van der Waals surface area contributed by atoms with Crippen LogP contribution in [0, 0.1) is 11.8 Å². The van der Waals surface area contributed by atoms with Crippen molar-refractivity contribution in [3.63, 3.8) is 0 Å². The fraction of sp³-hybridized carbons (Fsp3) is 0.500. The number of aryl methyl sites for hydroxylation is 1. The molecular weight excluding hydrogens is 437 g/mol. The van der Waals surface area contributed by atoms with Gasteiger partial charge in [0, 0.05) is 24.5 Å². The van der Waals surface area contributed by atoms with Crippen molar-refractivity contribution in [2.24, 2.45) is 11.8 Å². The summed E-state index contributed by atoms with van der Waals surface area (Å²) < 4.78 is 25.9. The molecule has 3 heterocycles. The Kier molecular flexibility index (Phi) is 8.11. The number of oxazole rings is 1. The number of aliphatic carboxylic acids is 1. The molecule has 182 valence electrons. The number of halogens is 1. The molecule has 4 rings (SSSR count). The number of unbranched alkanes of at least 4 members (excludes halogenated alkanes) is 1. The third-order valence-electron chi connectivity index (χ3n) is 6.87. The van der Waals surface area contributed by atoms with Gasteiger partial charge in [-0.1, -0.05) is 0 Å². The first kappa shape index (κ1) is 24.1. The molecule has 1 aliphatic rings. The summed E-state index contributed by atoms with van der Waals surface area (Å²) in [4.78, 5) is 22.7. The maximum Gasteiger partial charge on any atom is 0.308 e. The van der Waals surface area contributed by atoms with E-state index in [-0.39, 0.29) is 5.92 Å². The first-order valence-electron chi connectivity index (χ1n) is 12.0. The molecule has 8 heteroatoms. The number of likely N-dealkylation sites (tertiary alicyclic amines) is 1. The molecule has 0 amide bonds. The van der Waals surface area contributed by atoms with E-state index in [0.29, 0.717) is 30.7 Å². The molecule has 0 unspecified atom stereocenters. The Morgan fingerprint density at radius 3 is 2.94 bits per heavy atom. The smallest absolute Gasteiger partial charge is 0.308 e. The van der Waals surface area contributed by atoms with E-state index in [9.17, 15) is 9.90 Å². The van der Waals surface area contributed by atoms with Gasteiger partial charge in [-0.2, -0.15) is 0 Å². The highest BCUT2D eigenvalue weighted by Crippen LogP contribution is 2.35. The second-order valence-corrected chi connectivity index (χ2v) is 9.01. The van der Waals surface area contributed by atoms with Crippen molar-refractivity contribution >= 4 is 16.9 Å². The average molecular weight is 470 g/mol. The lowest BCUT2D eigenvalue weighted by Crippen LogP contribution is -2.44. The lowest BCUT2D eigenvalue weighted by Gasteiger charge is -2.36. The SMILES string of the molecule is COc1ccc2nccc([C@H](F)CC[C@@H]3CCN(CCCCc4ncco4)C[C@@H]3C(=O)O)c2c1. The number of alkyl halides is 1. The van der Waals surface area contributed by atoms with Crippen LogP contribution in [0.1, 0.15) is 49.7 Å². The predicted molar refractivity (Wildman–Crippen MR) is 126 cm³/mol. The van der Waals surface area contributed by atoms with E-state index < -0.39 is 18.1 Å². The van der Waals surface area contributed by atoms with Gasteiger partial charge in [0.05, 0.1) is 24.7 Å². The van der Waals surface area contributed by atoms with Crippen molar-refractivity contribution in [1.82, 2.24) is 14.9 Å². The van der Waals surface area contributed by atoms with Crippen LogP contribution >= 0.6 is 0 Å². The molecule has 1 aliphatic heterocycles. The molecule has 0 radical (unpaired) electrons. The van der Waals surface area contributed by atoms with Crippen LogP contribution in [-0.2, 0) is 11.2 Å². The predicted octanol–water partition coefficient (Wildman–Crippen LogP) is 5.07. The quantitative estimate of drug-likeness (QED) is 0.392. The molecule has 0 bridgehead atoms. The number of piperidine rings is 1. The molecule has 1 saturated heterocycles. The number of hydrogen-bond acceptors (Lipinski definition) is 6. The third-order valence-corrected chi connectivity index (χ3v) is 6.87. The lowest BCUT2D eigenvalue weighted by atomic mass is 9.81. The largest absolute Gasteiger partial charge is 0.497 e. The topological polar surface area (TPSA) is 88.7 Å². The van der Waals surface area contributed by atoms with E-state index >= 15 is 4.39 Å². The zero-order valence-electron chi connectivity index (χ0n) is 19.5. The first-order valence-corrected chi connectivity index (χ1v) is 12.0. The van der Waals surface area contributed by atoms with Crippen LogP contribution in [0.4, 0.5) is 4.39 Å². The van der Waals surface area contributed by atoms with Crippen LogP contribution < -0.4 is 4.74 Å². The number of benzene rings is 1. The summed E-state index contributed by atoms with van der Waals surface area (Å²) in [6.07, 6.45) is 7.98. The molecule has 2 aromatic heterocycles. The number of nitrogens with zero attached hydrogens (tertiary/aromatic N) is 3. The summed E-state index contributed by atoms with van der Waals surface area (Å²) in [6, 6.07) is 7.16. The van der Waals surface area contributed by atoms with Crippen molar-refractivity contribution in [2.45, 2.75) is 44.7 Å². The summed E-state index contributed by atoms with van der Waals surface area (Å²) in [5.74, 6) is 0.115. The normalized spacial score (nSPS) is 19.8. The molecule has 1 N–H and O–H groups in total. The van der Waals surface area contributed by atoms with E-state index in [1.54, 1.807) is 31.8 Å². The van der Waals surface area contributed by atoms with Crippen molar-refractivity contribution in [2.75, 3.05) is 26.7 Å². The van der Waals surface area contributed by atoms with E-state index in [4.69, 9.17) is 9.15 Å². The number of carboxylic acid groups (broad SMARTS) is 1. The number of fused-ring (bicyclic) bond motifs is 1. The molecule has 3 aromatic rings. The van der Waals surface area contributed by atoms with Crippen molar-refractivity contribution < 1.29 is 23.4 Å². The van der Waals surface area contributed by atoms with Gasteiger partial charge in [0.1, 0.15) is 18.2 Å². The van der Waals surface area contributed by atoms with Crippen LogP contribution in [0.25, 0.3) is 10.9 Å². The van der Waals surface area contributed by atoms with Gasteiger partial charge in [-0.15, -0.1) is 0 Å². The fourth-order valence-corrected chi connectivity index (χ4v) is 4.95. The Labute approximate surface area is 199 Å². The van der Waals surface area contributed by atoms with Crippen LogP contribution in [0.5, 0.6) is 5.75 Å². The van der Waals surface area contributed by atoms with Gasteiger partial charge in [0.2, 0.25) is 0 Å². The van der Waals surface area contributed by atoms with Crippen molar-refractivity contribution in [1.29, 1.82) is 0 Å². The van der Waals surface area contributed by atoms with Gasteiger partial charge in [-0.25, -0.2) is 9.37 Å². The molecule has 1 aromatic carbocycles. The molecule has 34 heavy (non-hydrogen) atoms. The second-order valence-electron chi connectivity index (χ2n) is 9.01. The summed E-state index contributed by atoms with van der Waals surface area (Å²) in [5.41, 5.74) is 1.31. The van der Waals surface area contributed by atoms with Crippen molar-refractivity contribution in [3.05, 3.63) is 54.4 Å². The number of rotatable bonds is 11. The maximum atomic E-state index is 15.3. The number of methoxy groups -OCH3 is 1. The summed E-state index contributed by atoms with van der Waals surface area (Å²) >= 11 is 0. The lowest BCUT2D eigenvalue weighted by molar-refractivity contribution is -0.146. The van der Waals surface area contributed by atoms with Gasteiger partial charge >= 0.3 is 5.97 Å². The van der Waals surface area contributed by atoms with E-state index in [1.165, 1.54) is 0 Å². The fourth-order valence-electron chi connectivity index (χ4n) is 4.95. The Morgan fingerprint density at radius 2 is 2.18 bits per heavy atom. The molecule has 0 saturated carbocycles. The Bertz CT molecular complexity index is 1080. The Balaban J connectivity index is 1.31. The van der Waals surface area contributed by atoms with Gasteiger partial charge in [0.15, 0.2) is 5.89 Å². The van der Waals surface area contributed by atoms with Crippen molar-refractivity contribution in [3.8, 4) is 5.75 Å². The second kappa shape index (κ2) is 11.4. The van der Waals surface area contributed by atoms with Gasteiger partial charge in [-0.05, 0) is 80.9 Å². The van der Waals surface area contributed by atoms with Crippen LogP contribution in [-0.4, -0.2) is 52.7 Å². The zero-order chi connectivity index (χ0) is 23.9. The molecule has 0 spiro atoms. The van der Waals surface area contributed by atoms with Crippen LogP contribution in [0.3, 0.4) is 0 Å². The maximum absolute atomic E-state index is 15.3. The van der Waals surface area contributed by atoms with Crippen LogP contribution in [0.15, 0.2) is 47.3 Å². The minimum Gasteiger partial charge on any atom is -0.497 e.